The molecule has 0 rings (SSSR count). The summed E-state index contributed by atoms with van der Waals surface area (Å²) in [5.41, 5.74) is 33.4. The number of carbonyl (C=O) groups excluding carboxylic acids is 17. The number of unbranched alkanes of at least 4 members (excludes halogenated alkanes) is 4. The second-order valence-corrected chi connectivity index (χ2v) is 24.5. The standard InChI is InChI=1S/C62H112ClN23O19/c1-44(2)35-85(41-54(96)76-32-59(101)82(21-11-7-16-66)37-50(92)71-27-48(90)73-29-56(98)79(4)43-62(104)80(36-47(69)89)19-9-5-14-64)61(103)34-77-52(94)39-83(22-12-8-17-67)57(99)30-74-49(91)28-72-51(93)38-81(20-10-6-15-65)58(100)31-75-53(95)40-84(23-13-18-70-46(68)26-63)60(102)33-78-55(97)42-86(24-25-87)105-45(3)88/h44,87H,5-43,64-67H2,1-4H3,(H2,68,70)(H2,69,89)(H,71,92)(H,72,93)(H,73,90)(H,74,91)(H,75,95)(H,76,96)(H,77,94)(H,78,97). The molecule has 0 saturated heterocycles. The number of amides is 16. The van der Waals surface area contributed by atoms with Crippen LogP contribution in [0.5, 0.6) is 0 Å². The lowest BCUT2D eigenvalue weighted by molar-refractivity contribution is -0.190. The van der Waals surface area contributed by atoms with Crippen molar-refractivity contribution >= 4 is 118 Å². The number of alkyl halides is 1. The number of primary amides is 1. The van der Waals surface area contributed by atoms with Crippen LogP contribution in [-0.2, 0) is 86.3 Å². The number of nitrogens with zero attached hydrogens (tertiary/aromatic N) is 9. The van der Waals surface area contributed by atoms with Gasteiger partial charge in [0.25, 0.3) is 0 Å². The zero-order valence-corrected chi connectivity index (χ0v) is 61.6. The Morgan fingerprint density at radius 3 is 1.02 bits per heavy atom. The average molecular weight is 1520 g/mol. The Morgan fingerprint density at radius 1 is 0.390 bits per heavy atom. The van der Waals surface area contributed by atoms with Crippen LogP contribution in [0.25, 0.3) is 0 Å². The summed E-state index contributed by atoms with van der Waals surface area (Å²) in [6.45, 7) is -3.67. The van der Waals surface area contributed by atoms with Gasteiger partial charge in [-0.3, -0.25) is 86.5 Å². The normalized spacial score (nSPS) is 10.9. The molecule has 105 heavy (non-hydrogen) atoms. The SMILES string of the molecule is CC(=O)ON(CCO)CC(=O)NCC(=O)N(CCCN=C(N)CCl)CC(=O)NCC(=O)N(CCCCN)CC(=O)NCC(=O)NCC(=O)N(CCCCN)CC(=O)NCC(=O)N(CC(=O)NCC(=O)N(CCCCN)CC(=O)NCC(=O)NCC(=O)N(C)CC(=O)N(CCCCN)CC(N)=O)CC(C)C. The van der Waals surface area contributed by atoms with Crippen LogP contribution >= 0.6 is 11.6 Å². The van der Waals surface area contributed by atoms with E-state index in [-0.39, 0.29) is 103 Å². The van der Waals surface area contributed by atoms with Gasteiger partial charge in [0.1, 0.15) is 12.4 Å². The van der Waals surface area contributed by atoms with Crippen molar-refractivity contribution in [2.45, 2.75) is 78.6 Å². The zero-order chi connectivity index (χ0) is 79.2. The van der Waals surface area contributed by atoms with E-state index in [1.807, 2.05) is 0 Å². The van der Waals surface area contributed by atoms with Gasteiger partial charge < -0.3 is 121 Å². The lowest BCUT2D eigenvalue weighted by atomic mass is 10.2. The Labute approximate surface area is 615 Å². The highest BCUT2D eigenvalue weighted by Crippen LogP contribution is 2.05. The van der Waals surface area contributed by atoms with Crippen molar-refractivity contribution in [2.75, 3.05) is 203 Å². The Balaban J connectivity index is 5.65. The first-order valence-corrected chi connectivity index (χ1v) is 34.9. The third-order valence-corrected chi connectivity index (χ3v) is 14.8. The van der Waals surface area contributed by atoms with Gasteiger partial charge in [-0.15, -0.1) is 16.7 Å². The minimum absolute atomic E-state index is 0.00135. The van der Waals surface area contributed by atoms with Gasteiger partial charge in [-0.1, -0.05) is 13.8 Å². The molecule has 0 unspecified atom stereocenters. The van der Waals surface area contributed by atoms with Crippen LogP contribution in [0, 0.1) is 5.92 Å². The van der Waals surface area contributed by atoms with Gasteiger partial charge in [0.2, 0.25) is 94.5 Å². The third kappa shape index (κ3) is 47.5. The number of amidine groups is 1. The summed E-state index contributed by atoms with van der Waals surface area (Å²) >= 11 is 5.69. The van der Waals surface area contributed by atoms with Crippen molar-refractivity contribution in [3.63, 3.8) is 0 Å². The number of hydrogen-bond acceptors (Lipinski definition) is 25. The van der Waals surface area contributed by atoms with E-state index in [2.05, 4.69) is 47.5 Å². The molecule has 0 aromatic rings. The van der Waals surface area contributed by atoms with E-state index < -0.39 is 205 Å². The van der Waals surface area contributed by atoms with Gasteiger partial charge in [0.15, 0.2) is 0 Å². The lowest BCUT2D eigenvalue weighted by Gasteiger charge is -2.26. The van der Waals surface area contributed by atoms with E-state index in [9.17, 15) is 86.6 Å². The van der Waals surface area contributed by atoms with Gasteiger partial charge >= 0.3 is 5.97 Å². The molecule has 0 spiro atoms. The number of hydrogen-bond donors (Lipinski definition) is 15. The molecule has 42 nitrogen and oxygen atoms in total. The summed E-state index contributed by atoms with van der Waals surface area (Å²) < 4.78 is 0. The van der Waals surface area contributed by atoms with Crippen molar-refractivity contribution in [3.05, 3.63) is 0 Å². The molecule has 21 N–H and O–H groups in total. The first-order valence-electron chi connectivity index (χ1n) is 34.3. The first kappa shape index (κ1) is 95.5. The van der Waals surface area contributed by atoms with Crippen LogP contribution in [0.4, 0.5) is 0 Å². The Hall–Kier alpha value is -9.49. The van der Waals surface area contributed by atoms with E-state index in [4.69, 9.17) is 50.8 Å². The number of aliphatic hydroxyl groups excluding tert-OH is 1. The summed E-state index contributed by atoms with van der Waals surface area (Å²) in [5.74, 6) is -12.7. The van der Waals surface area contributed by atoms with Gasteiger partial charge in [0, 0.05) is 59.8 Å². The minimum atomic E-state index is -0.837. The molecule has 0 fully saturated rings. The minimum Gasteiger partial charge on any atom is -0.395 e. The molecule has 0 aromatic heterocycles. The highest BCUT2D eigenvalue weighted by atomic mass is 35.5. The molecule has 596 valence electrons. The molecule has 0 bridgehead atoms. The number of likely N-dealkylation sites (N-methyl/N-ethyl adjacent to an activating group) is 1. The van der Waals surface area contributed by atoms with Crippen LogP contribution in [-0.4, -0.2) is 354 Å². The molecule has 0 heterocycles. The predicted octanol–water partition coefficient (Wildman–Crippen LogP) is -10.8. The number of halogens is 1. The molecule has 0 saturated carbocycles. The van der Waals surface area contributed by atoms with Gasteiger partial charge in [0.05, 0.1) is 117 Å². The average Bonchev–Trinajstić information content (AvgIpc) is 0.915. The number of hydroxylamine groups is 2. The van der Waals surface area contributed by atoms with Crippen LogP contribution in [0.1, 0.15) is 78.6 Å². The summed E-state index contributed by atoms with van der Waals surface area (Å²) in [5, 5.41) is 29.2. The summed E-state index contributed by atoms with van der Waals surface area (Å²) in [4.78, 5) is 236. The number of carbonyl (C=O) groups is 17. The van der Waals surface area contributed by atoms with Crippen molar-refractivity contribution in [1.82, 2.24) is 81.9 Å². The highest BCUT2D eigenvalue weighted by molar-refractivity contribution is 6.28. The largest absolute Gasteiger partial charge is 0.395 e. The Kier molecular flexibility index (Phi) is 51.8. The maximum atomic E-state index is 13.6. The van der Waals surface area contributed by atoms with E-state index in [0.29, 0.717) is 57.9 Å². The molecule has 0 aliphatic carbocycles. The van der Waals surface area contributed by atoms with Crippen LogP contribution in [0.3, 0.4) is 0 Å². The number of rotatable bonds is 58. The Bertz CT molecular complexity index is 2860. The molecule has 0 aliphatic rings. The fraction of sp³-hybridized carbons (Fsp3) is 0.710. The van der Waals surface area contributed by atoms with E-state index in [1.165, 1.54) is 11.9 Å². The first-order chi connectivity index (χ1) is 49.8. The summed E-state index contributed by atoms with van der Waals surface area (Å²) in [6.07, 6.45) is 3.70. The maximum Gasteiger partial charge on any atom is 0.322 e. The maximum absolute atomic E-state index is 13.6. The van der Waals surface area contributed by atoms with Crippen LogP contribution in [0.15, 0.2) is 4.99 Å². The van der Waals surface area contributed by atoms with E-state index >= 15 is 0 Å². The summed E-state index contributed by atoms with van der Waals surface area (Å²) in [7, 11) is 1.32. The second-order valence-electron chi connectivity index (χ2n) is 24.2. The van der Waals surface area contributed by atoms with Crippen molar-refractivity contribution in [1.29, 1.82) is 0 Å². The molecular weight excluding hydrogens is 1410 g/mol. The molecule has 43 heteroatoms. The van der Waals surface area contributed by atoms with Crippen LogP contribution in [0.2, 0.25) is 0 Å². The quantitative estimate of drug-likeness (QED) is 0.00884. The molecule has 0 atom stereocenters. The number of nitrogens with two attached hydrogens (primary N) is 6. The van der Waals surface area contributed by atoms with Gasteiger partial charge in [-0.25, -0.2) is 0 Å². The smallest absolute Gasteiger partial charge is 0.322 e. The van der Waals surface area contributed by atoms with Crippen molar-refractivity contribution < 1.29 is 91.5 Å². The topological polar surface area (TPSA) is 610 Å². The third-order valence-electron chi connectivity index (χ3n) is 14.5. The number of aliphatic hydroxyl groups is 1. The van der Waals surface area contributed by atoms with Gasteiger partial charge in [-0.2, -0.15) is 0 Å². The molecular formula is C62H112ClN23O19. The summed E-state index contributed by atoms with van der Waals surface area (Å²) in [6, 6.07) is 0. The molecule has 16 amide bonds. The number of aliphatic imine (C=N–C) groups is 1. The van der Waals surface area contributed by atoms with E-state index in [1.54, 1.807) is 13.8 Å². The van der Waals surface area contributed by atoms with Crippen molar-refractivity contribution in [3.8, 4) is 0 Å². The molecule has 0 radical (unpaired) electrons. The molecule has 0 aliphatic heterocycles. The fourth-order valence-corrected chi connectivity index (χ4v) is 9.17. The highest BCUT2D eigenvalue weighted by Gasteiger charge is 2.27. The van der Waals surface area contributed by atoms with Crippen molar-refractivity contribution in [2.24, 2.45) is 45.3 Å². The predicted molar refractivity (Wildman–Crippen MR) is 381 cm³/mol. The Morgan fingerprint density at radius 2 is 0.695 bits per heavy atom. The second kappa shape index (κ2) is 56.9. The molecule has 0 aromatic carbocycles. The zero-order valence-electron chi connectivity index (χ0n) is 60.8. The van der Waals surface area contributed by atoms with E-state index in [0.717, 1.165) is 41.4 Å². The fourth-order valence-electron chi connectivity index (χ4n) is 9.08. The monoisotopic (exact) mass is 1520 g/mol. The number of nitrogens with one attached hydrogen (secondary N) is 8. The lowest BCUT2D eigenvalue weighted by Crippen LogP contribution is -2.51. The van der Waals surface area contributed by atoms with Crippen LogP contribution < -0.4 is 76.9 Å². The van der Waals surface area contributed by atoms with Gasteiger partial charge in [-0.05, 0) is 89.9 Å².